The molecule has 0 spiro atoms. The molecule has 118 valence electrons. The van der Waals surface area contributed by atoms with Gasteiger partial charge in [0.1, 0.15) is 17.3 Å². The van der Waals surface area contributed by atoms with Gasteiger partial charge in [-0.15, -0.1) is 0 Å². The smallest absolute Gasteiger partial charge is 0.198 e. The summed E-state index contributed by atoms with van der Waals surface area (Å²) in [6, 6.07) is 11.7. The molecule has 0 radical (unpaired) electrons. The summed E-state index contributed by atoms with van der Waals surface area (Å²) in [5.74, 6) is 0.246. The molecule has 4 nitrogen and oxygen atoms in total. The van der Waals surface area contributed by atoms with Gasteiger partial charge in [0.15, 0.2) is 5.88 Å². The molecule has 0 aliphatic rings. The van der Waals surface area contributed by atoms with Gasteiger partial charge in [-0.1, -0.05) is 12.1 Å². The molecule has 3 rings (SSSR count). The molecule has 0 amide bonds. The lowest BCUT2D eigenvalue weighted by Crippen LogP contribution is -2.05. The van der Waals surface area contributed by atoms with Crippen LogP contribution in [-0.2, 0) is 0 Å². The molecule has 5 heteroatoms. The van der Waals surface area contributed by atoms with Crippen molar-refractivity contribution in [2.45, 2.75) is 20.0 Å². The lowest BCUT2D eigenvalue weighted by Gasteiger charge is -2.11. The predicted octanol–water partition coefficient (Wildman–Crippen LogP) is 4.55. The number of fused-ring (bicyclic) bond motifs is 1. The Morgan fingerprint density at radius 1 is 1.22 bits per heavy atom. The number of nitrogens with one attached hydrogen (secondary N) is 1. The molecule has 0 aliphatic heterocycles. The monoisotopic (exact) mass is 312 g/mol. The first-order chi connectivity index (χ1) is 11.0. The van der Waals surface area contributed by atoms with Gasteiger partial charge in [-0.25, -0.2) is 4.39 Å². The predicted molar refractivity (Wildman–Crippen MR) is 89.4 cm³/mol. The van der Waals surface area contributed by atoms with Crippen LogP contribution in [0.15, 0.2) is 47.5 Å². The number of aliphatic imine (C=N–C) groups is 1. The van der Waals surface area contributed by atoms with Crippen molar-refractivity contribution in [3.8, 4) is 11.6 Å². The Balaban J connectivity index is 2.01. The van der Waals surface area contributed by atoms with Crippen LogP contribution < -0.4 is 4.74 Å². The van der Waals surface area contributed by atoms with E-state index in [0.717, 1.165) is 0 Å². The van der Waals surface area contributed by atoms with Crippen LogP contribution in [0.1, 0.15) is 19.4 Å². The quantitative estimate of drug-likeness (QED) is 0.694. The van der Waals surface area contributed by atoms with E-state index >= 15 is 0 Å². The van der Waals surface area contributed by atoms with Crippen molar-refractivity contribution < 1.29 is 14.2 Å². The number of para-hydroxylation sites is 2. The first-order valence-electron chi connectivity index (χ1n) is 7.34. The van der Waals surface area contributed by atoms with Gasteiger partial charge in [-0.3, -0.25) is 4.99 Å². The fraction of sp³-hybridized carbons (Fsp3) is 0.167. The second-order valence-corrected chi connectivity index (χ2v) is 5.47. The third kappa shape index (κ3) is 3.18. The van der Waals surface area contributed by atoms with Crippen molar-refractivity contribution in [1.82, 2.24) is 4.98 Å². The van der Waals surface area contributed by atoms with E-state index in [4.69, 9.17) is 4.74 Å². The lowest BCUT2D eigenvalue weighted by atomic mass is 10.2. The number of nitrogens with zero attached hydrogens (tertiary/aromatic N) is 1. The molecule has 0 atom stereocenters. The fourth-order valence-corrected chi connectivity index (χ4v) is 2.35. The Kier molecular flexibility index (Phi) is 4.02. The summed E-state index contributed by atoms with van der Waals surface area (Å²) in [5.41, 5.74) is 1.74. The van der Waals surface area contributed by atoms with Crippen molar-refractivity contribution in [3.05, 3.63) is 53.8 Å². The largest absolute Gasteiger partial charge is 0.494 e. The second kappa shape index (κ2) is 6.12. The number of aromatic hydroxyl groups is 1. The van der Waals surface area contributed by atoms with Gasteiger partial charge in [0.2, 0.25) is 0 Å². The number of ether oxygens (including phenoxy) is 1. The Labute approximate surface area is 133 Å². The maximum absolute atomic E-state index is 13.4. The Morgan fingerprint density at radius 3 is 2.78 bits per heavy atom. The molecular formula is C18H17FN2O2. The normalized spacial score (nSPS) is 11.7. The van der Waals surface area contributed by atoms with Crippen LogP contribution in [0.2, 0.25) is 0 Å². The summed E-state index contributed by atoms with van der Waals surface area (Å²) in [6.07, 6.45) is 1.54. The van der Waals surface area contributed by atoms with Crippen molar-refractivity contribution in [2.75, 3.05) is 0 Å². The SMILES string of the molecule is CC(C)Oc1ccccc1N=Cc1c(O)[nH]c2ccc(F)cc12. The number of halogens is 1. The van der Waals surface area contributed by atoms with E-state index in [1.54, 1.807) is 6.07 Å². The molecule has 1 aromatic heterocycles. The van der Waals surface area contributed by atoms with E-state index in [2.05, 4.69) is 9.98 Å². The molecule has 1 heterocycles. The van der Waals surface area contributed by atoms with E-state index in [0.29, 0.717) is 27.9 Å². The van der Waals surface area contributed by atoms with Gasteiger partial charge >= 0.3 is 0 Å². The average molecular weight is 312 g/mol. The number of benzene rings is 2. The standard InChI is InChI=1S/C18H17FN2O2/c1-11(2)23-17-6-4-3-5-16(17)20-10-14-13-9-12(19)7-8-15(13)21-18(14)22/h3-11,21-22H,1-2H3. The van der Waals surface area contributed by atoms with Crippen LogP contribution in [0.5, 0.6) is 11.6 Å². The van der Waals surface area contributed by atoms with Gasteiger partial charge in [0.25, 0.3) is 0 Å². The van der Waals surface area contributed by atoms with Crippen LogP contribution in [0.25, 0.3) is 10.9 Å². The van der Waals surface area contributed by atoms with Crippen LogP contribution in [0.4, 0.5) is 10.1 Å². The van der Waals surface area contributed by atoms with E-state index in [9.17, 15) is 9.50 Å². The second-order valence-electron chi connectivity index (χ2n) is 5.47. The minimum Gasteiger partial charge on any atom is -0.494 e. The number of hydrogen-bond donors (Lipinski definition) is 2. The summed E-state index contributed by atoms with van der Waals surface area (Å²) < 4.78 is 19.1. The summed E-state index contributed by atoms with van der Waals surface area (Å²) >= 11 is 0. The van der Waals surface area contributed by atoms with E-state index in [-0.39, 0.29) is 17.8 Å². The number of H-pyrrole nitrogens is 1. The summed E-state index contributed by atoms with van der Waals surface area (Å²) in [7, 11) is 0. The number of rotatable bonds is 4. The molecule has 2 aromatic carbocycles. The highest BCUT2D eigenvalue weighted by Crippen LogP contribution is 2.30. The van der Waals surface area contributed by atoms with Crippen molar-refractivity contribution in [2.24, 2.45) is 4.99 Å². The Hall–Kier alpha value is -2.82. The third-order valence-corrected chi connectivity index (χ3v) is 3.34. The Morgan fingerprint density at radius 2 is 2.00 bits per heavy atom. The lowest BCUT2D eigenvalue weighted by molar-refractivity contribution is 0.243. The molecule has 2 N–H and O–H groups in total. The Bertz CT molecular complexity index is 869. The summed E-state index contributed by atoms with van der Waals surface area (Å²) in [4.78, 5) is 7.19. The van der Waals surface area contributed by atoms with Gasteiger partial charge < -0.3 is 14.8 Å². The molecular weight excluding hydrogens is 295 g/mol. The highest BCUT2D eigenvalue weighted by molar-refractivity contribution is 6.02. The highest BCUT2D eigenvalue weighted by atomic mass is 19.1. The average Bonchev–Trinajstić information content (AvgIpc) is 2.81. The molecule has 0 aliphatic carbocycles. The van der Waals surface area contributed by atoms with E-state index in [1.807, 2.05) is 38.1 Å². The first kappa shape index (κ1) is 15.1. The molecule has 3 aromatic rings. The number of aromatic amines is 1. The van der Waals surface area contributed by atoms with Crippen molar-refractivity contribution in [1.29, 1.82) is 0 Å². The van der Waals surface area contributed by atoms with Crippen molar-refractivity contribution >= 4 is 22.8 Å². The first-order valence-corrected chi connectivity index (χ1v) is 7.34. The molecule has 0 saturated heterocycles. The van der Waals surface area contributed by atoms with E-state index in [1.165, 1.54) is 18.3 Å². The minimum atomic E-state index is -0.366. The molecule has 0 unspecified atom stereocenters. The maximum Gasteiger partial charge on any atom is 0.198 e. The number of hydrogen-bond acceptors (Lipinski definition) is 3. The molecule has 0 bridgehead atoms. The van der Waals surface area contributed by atoms with Gasteiger partial charge in [0, 0.05) is 17.1 Å². The zero-order chi connectivity index (χ0) is 16.4. The van der Waals surface area contributed by atoms with Gasteiger partial charge in [-0.2, -0.15) is 0 Å². The summed E-state index contributed by atoms with van der Waals surface area (Å²) in [5, 5.41) is 10.6. The van der Waals surface area contributed by atoms with Crippen LogP contribution in [-0.4, -0.2) is 22.4 Å². The van der Waals surface area contributed by atoms with Gasteiger partial charge in [-0.05, 0) is 44.2 Å². The van der Waals surface area contributed by atoms with Crippen LogP contribution in [0.3, 0.4) is 0 Å². The molecule has 0 fully saturated rings. The third-order valence-electron chi connectivity index (χ3n) is 3.34. The topological polar surface area (TPSA) is 57.6 Å². The van der Waals surface area contributed by atoms with Gasteiger partial charge in [0.05, 0.1) is 11.7 Å². The van der Waals surface area contributed by atoms with Crippen LogP contribution in [0, 0.1) is 5.82 Å². The highest BCUT2D eigenvalue weighted by Gasteiger charge is 2.10. The zero-order valence-corrected chi connectivity index (χ0v) is 12.9. The number of aromatic nitrogens is 1. The fourth-order valence-electron chi connectivity index (χ4n) is 2.35. The molecule has 0 saturated carbocycles. The minimum absolute atomic E-state index is 0.0296. The summed E-state index contributed by atoms with van der Waals surface area (Å²) in [6.45, 7) is 3.88. The van der Waals surface area contributed by atoms with Crippen molar-refractivity contribution in [3.63, 3.8) is 0 Å². The van der Waals surface area contributed by atoms with Crippen LogP contribution >= 0.6 is 0 Å². The maximum atomic E-state index is 13.4. The molecule has 23 heavy (non-hydrogen) atoms. The van der Waals surface area contributed by atoms with E-state index < -0.39 is 0 Å². The zero-order valence-electron chi connectivity index (χ0n) is 12.9.